The Morgan fingerprint density at radius 1 is 0.895 bits per heavy atom. The van der Waals surface area contributed by atoms with Gasteiger partial charge in [0.1, 0.15) is 16.8 Å². The van der Waals surface area contributed by atoms with Crippen LogP contribution in [0, 0.1) is 0 Å². The first-order valence-corrected chi connectivity index (χ1v) is 13.5. The van der Waals surface area contributed by atoms with Crippen LogP contribution in [0.5, 0.6) is 0 Å². The molecular formula is C30H32ClN5O2. The summed E-state index contributed by atoms with van der Waals surface area (Å²) < 4.78 is 7.84. The van der Waals surface area contributed by atoms with E-state index in [0.717, 1.165) is 37.1 Å². The smallest absolute Gasteiger partial charge is 0.353 e. The van der Waals surface area contributed by atoms with Gasteiger partial charge in [0.2, 0.25) is 0 Å². The van der Waals surface area contributed by atoms with Gasteiger partial charge in [0.15, 0.2) is 5.58 Å². The Labute approximate surface area is 227 Å². The van der Waals surface area contributed by atoms with Crippen LogP contribution in [0.3, 0.4) is 0 Å². The first-order valence-electron chi connectivity index (χ1n) is 13.1. The van der Waals surface area contributed by atoms with Crippen molar-refractivity contribution >= 4 is 39.4 Å². The number of aromatic nitrogens is 3. The monoisotopic (exact) mass is 529 g/mol. The fourth-order valence-electron chi connectivity index (χ4n) is 4.99. The summed E-state index contributed by atoms with van der Waals surface area (Å²) >= 11 is 6.33. The fourth-order valence-corrected chi connectivity index (χ4v) is 5.16. The maximum atomic E-state index is 13.4. The highest BCUT2D eigenvalue weighted by Gasteiger charge is 2.22. The van der Waals surface area contributed by atoms with Crippen LogP contribution in [0.4, 0.5) is 5.69 Å². The van der Waals surface area contributed by atoms with Gasteiger partial charge in [-0.1, -0.05) is 37.6 Å². The highest BCUT2D eigenvalue weighted by atomic mass is 35.5. The van der Waals surface area contributed by atoms with E-state index in [1.165, 1.54) is 5.69 Å². The van der Waals surface area contributed by atoms with Crippen LogP contribution in [0.25, 0.3) is 39.0 Å². The molecule has 0 unspecified atom stereocenters. The molecule has 6 rings (SSSR count). The highest BCUT2D eigenvalue weighted by Crippen LogP contribution is 2.36. The number of nitrogens with zero attached hydrogens (tertiary/aromatic N) is 5. The molecule has 3 aromatic heterocycles. The maximum absolute atomic E-state index is 13.4. The average Bonchev–Trinajstić information content (AvgIpc) is 3.33. The molecule has 0 saturated carbocycles. The number of furan rings is 1. The molecule has 1 aliphatic heterocycles. The van der Waals surface area contributed by atoms with Crippen molar-refractivity contribution < 1.29 is 4.42 Å². The van der Waals surface area contributed by atoms with Gasteiger partial charge in [-0.25, -0.2) is 4.79 Å². The quantitative estimate of drug-likeness (QED) is 0.268. The zero-order chi connectivity index (χ0) is 26.8. The lowest BCUT2D eigenvalue weighted by Crippen LogP contribution is -2.48. The Morgan fingerprint density at radius 2 is 1.58 bits per heavy atom. The standard InChI is InChI=1S/C28H26ClN5O2.C2H6/c1-18(2)32-13-15-33(16-14-32)21-6-3-19(4-7-21)25-27-26(23-17-20(29)5-8-24(23)36-27)34(28(35)31-25)22-9-11-30-12-10-22;1-2/h3-12,17-18H,13-16H2,1-2H3;1-2H3. The van der Waals surface area contributed by atoms with Crippen LogP contribution in [-0.2, 0) is 0 Å². The number of halogens is 1. The van der Waals surface area contributed by atoms with E-state index in [0.29, 0.717) is 39.1 Å². The van der Waals surface area contributed by atoms with Gasteiger partial charge in [0.05, 0.1) is 5.69 Å². The van der Waals surface area contributed by atoms with Gasteiger partial charge in [0.25, 0.3) is 0 Å². The zero-order valence-electron chi connectivity index (χ0n) is 22.2. The lowest BCUT2D eigenvalue weighted by molar-refractivity contribution is 0.209. The molecule has 0 spiro atoms. The van der Waals surface area contributed by atoms with Crippen LogP contribution < -0.4 is 10.6 Å². The summed E-state index contributed by atoms with van der Waals surface area (Å²) in [6.07, 6.45) is 3.30. The number of anilines is 1. The summed E-state index contributed by atoms with van der Waals surface area (Å²) in [4.78, 5) is 26.9. The van der Waals surface area contributed by atoms with E-state index in [-0.39, 0.29) is 5.69 Å². The number of piperazine rings is 1. The summed E-state index contributed by atoms with van der Waals surface area (Å²) in [6.45, 7) is 12.6. The van der Waals surface area contributed by atoms with Crippen LogP contribution in [0.2, 0.25) is 5.02 Å². The molecule has 38 heavy (non-hydrogen) atoms. The summed E-state index contributed by atoms with van der Waals surface area (Å²) in [5.74, 6) is 0. The van der Waals surface area contributed by atoms with Crippen LogP contribution in [0.15, 0.2) is 76.2 Å². The van der Waals surface area contributed by atoms with Crippen molar-refractivity contribution in [2.75, 3.05) is 31.1 Å². The Hall–Kier alpha value is -3.68. The second-order valence-corrected chi connectivity index (χ2v) is 9.80. The Balaban J connectivity index is 0.00000144. The minimum absolute atomic E-state index is 0.389. The van der Waals surface area contributed by atoms with Crippen molar-refractivity contribution in [1.29, 1.82) is 0 Å². The topological polar surface area (TPSA) is 67.4 Å². The van der Waals surface area contributed by atoms with Gasteiger partial charge in [-0.2, -0.15) is 4.98 Å². The van der Waals surface area contributed by atoms with Gasteiger partial charge in [-0.15, -0.1) is 0 Å². The molecule has 0 bridgehead atoms. The highest BCUT2D eigenvalue weighted by molar-refractivity contribution is 6.31. The van der Waals surface area contributed by atoms with Crippen LogP contribution in [-0.4, -0.2) is 51.7 Å². The van der Waals surface area contributed by atoms with E-state index in [9.17, 15) is 4.79 Å². The Bertz CT molecular complexity index is 1600. The van der Waals surface area contributed by atoms with Gasteiger partial charge < -0.3 is 9.32 Å². The third-order valence-electron chi connectivity index (χ3n) is 6.93. The van der Waals surface area contributed by atoms with Crippen molar-refractivity contribution in [3.05, 3.63) is 82.5 Å². The average molecular weight is 530 g/mol. The summed E-state index contributed by atoms with van der Waals surface area (Å²) in [6, 6.07) is 17.8. The largest absolute Gasteiger partial charge is 0.452 e. The predicted molar refractivity (Wildman–Crippen MR) is 156 cm³/mol. The number of pyridine rings is 1. The third-order valence-corrected chi connectivity index (χ3v) is 7.17. The molecule has 1 aliphatic rings. The van der Waals surface area contributed by atoms with Gasteiger partial charge in [-0.3, -0.25) is 14.5 Å². The number of rotatable bonds is 4. The van der Waals surface area contributed by atoms with Crippen molar-refractivity contribution in [1.82, 2.24) is 19.4 Å². The molecule has 0 atom stereocenters. The lowest BCUT2D eigenvalue weighted by atomic mass is 10.1. The van der Waals surface area contributed by atoms with E-state index >= 15 is 0 Å². The molecular weight excluding hydrogens is 498 g/mol. The molecule has 0 N–H and O–H groups in total. The van der Waals surface area contributed by atoms with Crippen LogP contribution in [0.1, 0.15) is 27.7 Å². The van der Waals surface area contributed by atoms with E-state index < -0.39 is 0 Å². The molecule has 5 aromatic rings. The summed E-state index contributed by atoms with van der Waals surface area (Å²) in [5, 5.41) is 1.33. The van der Waals surface area contributed by atoms with Gasteiger partial charge in [0, 0.05) is 66.3 Å². The molecule has 196 valence electrons. The molecule has 0 amide bonds. The van der Waals surface area contributed by atoms with Crippen molar-refractivity contribution in [2.24, 2.45) is 0 Å². The summed E-state index contributed by atoms with van der Waals surface area (Å²) in [5.41, 5.74) is 4.62. The Kier molecular flexibility index (Phi) is 7.49. The van der Waals surface area contributed by atoms with Gasteiger partial charge in [-0.05, 0) is 56.3 Å². The first-order chi connectivity index (χ1) is 18.5. The van der Waals surface area contributed by atoms with Crippen LogP contribution >= 0.6 is 11.6 Å². The number of hydrogen-bond donors (Lipinski definition) is 0. The molecule has 4 heterocycles. The van der Waals surface area contributed by atoms with Gasteiger partial charge >= 0.3 is 5.69 Å². The predicted octanol–water partition coefficient (Wildman–Crippen LogP) is 6.40. The summed E-state index contributed by atoms with van der Waals surface area (Å²) in [7, 11) is 0. The van der Waals surface area contributed by atoms with E-state index in [4.69, 9.17) is 16.0 Å². The SMILES string of the molecule is CC.CC(C)N1CCN(c2ccc(-c3nc(=O)n(-c4ccncc4)c4c3oc3ccc(Cl)cc34)cc2)CC1. The maximum Gasteiger partial charge on any atom is 0.353 e. The van der Waals surface area contributed by atoms with Crippen molar-refractivity contribution in [2.45, 2.75) is 33.7 Å². The third kappa shape index (κ3) is 4.79. The molecule has 1 saturated heterocycles. The number of benzene rings is 2. The molecule has 1 fully saturated rings. The molecule has 0 radical (unpaired) electrons. The Morgan fingerprint density at radius 3 is 2.24 bits per heavy atom. The number of fused-ring (bicyclic) bond motifs is 3. The minimum Gasteiger partial charge on any atom is -0.452 e. The molecule has 2 aromatic carbocycles. The normalized spacial score (nSPS) is 14.2. The lowest BCUT2D eigenvalue weighted by Gasteiger charge is -2.38. The van der Waals surface area contributed by atoms with E-state index in [2.05, 4.69) is 45.7 Å². The molecule has 8 heteroatoms. The minimum atomic E-state index is -0.389. The van der Waals surface area contributed by atoms with Crippen molar-refractivity contribution in [3.8, 4) is 16.9 Å². The number of hydrogen-bond acceptors (Lipinski definition) is 6. The second kappa shape index (κ2) is 11.0. The zero-order valence-corrected chi connectivity index (χ0v) is 22.9. The van der Waals surface area contributed by atoms with E-state index in [1.807, 2.05) is 38.1 Å². The van der Waals surface area contributed by atoms with Crippen molar-refractivity contribution in [3.63, 3.8) is 0 Å². The first kappa shape index (κ1) is 25.9. The second-order valence-electron chi connectivity index (χ2n) is 9.37. The molecule has 7 nitrogen and oxygen atoms in total. The fraction of sp³-hybridized carbons (Fsp3) is 0.300. The van der Waals surface area contributed by atoms with E-state index in [1.54, 1.807) is 35.2 Å². The molecule has 0 aliphatic carbocycles.